The number of morpholine rings is 1. The number of rotatable bonds is 5. The van der Waals surface area contributed by atoms with Crippen LogP contribution in [0.15, 0.2) is 40.8 Å². The second-order valence-electron chi connectivity index (χ2n) is 8.97. The number of amides is 1. The number of carbonyl (C=O) groups is 1. The molecule has 15 heteroatoms. The van der Waals surface area contributed by atoms with Gasteiger partial charge in [-0.05, 0) is 29.8 Å². The number of fused-ring (bicyclic) bond motifs is 1. The fourth-order valence-electron chi connectivity index (χ4n) is 4.38. The van der Waals surface area contributed by atoms with E-state index in [2.05, 4.69) is 14.9 Å². The van der Waals surface area contributed by atoms with E-state index in [-0.39, 0.29) is 35.3 Å². The summed E-state index contributed by atoms with van der Waals surface area (Å²) in [6.45, 7) is 1.39. The SMILES string of the molecule is N[C@H]1CC(F)(F)c2cc(F)c(-c3nnc(N4CCOCC4)o3)cc2N(Cc2ccc(OC(F)(F)F)cc2)C1=O. The zero-order valence-corrected chi connectivity index (χ0v) is 20.1. The molecule has 39 heavy (non-hydrogen) atoms. The van der Waals surface area contributed by atoms with E-state index in [9.17, 15) is 18.0 Å². The van der Waals surface area contributed by atoms with Gasteiger partial charge in [0, 0.05) is 25.1 Å². The smallest absolute Gasteiger partial charge is 0.406 e. The minimum atomic E-state index is -4.91. The maximum absolute atomic E-state index is 15.2. The van der Waals surface area contributed by atoms with Gasteiger partial charge in [0.1, 0.15) is 11.6 Å². The third kappa shape index (κ3) is 5.63. The molecule has 1 atom stereocenters. The van der Waals surface area contributed by atoms with Crippen LogP contribution in [0, 0.1) is 5.82 Å². The lowest BCUT2D eigenvalue weighted by atomic mass is 9.99. The monoisotopic (exact) mass is 557 g/mol. The van der Waals surface area contributed by atoms with Gasteiger partial charge in [-0.15, -0.1) is 18.3 Å². The summed E-state index contributed by atoms with van der Waals surface area (Å²) in [5.74, 6) is -6.44. The van der Waals surface area contributed by atoms with Crippen molar-refractivity contribution in [3.63, 3.8) is 0 Å². The Morgan fingerprint density at radius 1 is 1.10 bits per heavy atom. The molecule has 5 rings (SSSR count). The van der Waals surface area contributed by atoms with Crippen LogP contribution in [0.4, 0.5) is 38.0 Å². The number of carbonyl (C=O) groups excluding carboxylic acids is 1. The molecule has 3 aromatic rings. The Bertz CT molecular complexity index is 1360. The lowest BCUT2D eigenvalue weighted by Crippen LogP contribution is -2.43. The highest BCUT2D eigenvalue weighted by atomic mass is 19.4. The summed E-state index contributed by atoms with van der Waals surface area (Å²) in [6, 6.07) is 4.56. The minimum Gasteiger partial charge on any atom is -0.406 e. The summed E-state index contributed by atoms with van der Waals surface area (Å²) in [5, 5.41) is 7.76. The van der Waals surface area contributed by atoms with Gasteiger partial charge in [-0.1, -0.05) is 17.2 Å². The Morgan fingerprint density at radius 3 is 2.46 bits per heavy atom. The molecule has 0 saturated carbocycles. The van der Waals surface area contributed by atoms with Crippen LogP contribution in [0.5, 0.6) is 5.75 Å². The molecule has 3 heterocycles. The largest absolute Gasteiger partial charge is 0.573 e. The molecule has 2 aliphatic rings. The third-order valence-electron chi connectivity index (χ3n) is 6.25. The quantitative estimate of drug-likeness (QED) is 0.470. The number of benzene rings is 2. The normalized spacial score (nSPS) is 19.6. The van der Waals surface area contributed by atoms with Crippen LogP contribution in [0.3, 0.4) is 0 Å². The predicted molar refractivity (Wildman–Crippen MR) is 124 cm³/mol. The van der Waals surface area contributed by atoms with Crippen molar-refractivity contribution < 1.29 is 45.0 Å². The number of hydrogen-bond donors (Lipinski definition) is 1. The van der Waals surface area contributed by atoms with Gasteiger partial charge < -0.3 is 29.4 Å². The predicted octanol–water partition coefficient (Wildman–Crippen LogP) is 3.97. The van der Waals surface area contributed by atoms with Crippen molar-refractivity contribution in [2.75, 3.05) is 36.1 Å². The number of nitrogens with zero attached hydrogens (tertiary/aromatic N) is 4. The highest BCUT2D eigenvalue weighted by Crippen LogP contribution is 2.45. The van der Waals surface area contributed by atoms with Gasteiger partial charge in [0.25, 0.3) is 11.8 Å². The molecule has 2 N–H and O–H groups in total. The molecule has 1 saturated heterocycles. The molecule has 0 unspecified atom stereocenters. The Kier molecular flexibility index (Phi) is 6.88. The van der Waals surface area contributed by atoms with E-state index < -0.39 is 47.8 Å². The van der Waals surface area contributed by atoms with Crippen LogP contribution in [-0.2, 0) is 22.0 Å². The molecule has 0 aliphatic carbocycles. The lowest BCUT2D eigenvalue weighted by Gasteiger charge is -2.26. The van der Waals surface area contributed by atoms with E-state index in [4.69, 9.17) is 14.9 Å². The molecule has 208 valence electrons. The summed E-state index contributed by atoms with van der Waals surface area (Å²) >= 11 is 0. The number of alkyl halides is 5. The van der Waals surface area contributed by atoms with E-state index in [0.717, 1.165) is 23.1 Å². The van der Waals surface area contributed by atoms with Gasteiger partial charge in [0.2, 0.25) is 5.91 Å². The lowest BCUT2D eigenvalue weighted by molar-refractivity contribution is -0.274. The second-order valence-corrected chi connectivity index (χ2v) is 8.97. The zero-order valence-electron chi connectivity index (χ0n) is 20.1. The summed E-state index contributed by atoms with van der Waals surface area (Å²) in [5.41, 5.74) is 4.60. The van der Waals surface area contributed by atoms with Crippen molar-refractivity contribution in [1.82, 2.24) is 10.2 Å². The molecule has 2 aromatic carbocycles. The van der Waals surface area contributed by atoms with Crippen molar-refractivity contribution in [3.05, 3.63) is 53.3 Å². The Hall–Kier alpha value is -3.85. The first-order valence-corrected chi connectivity index (χ1v) is 11.7. The van der Waals surface area contributed by atoms with Crippen molar-refractivity contribution in [2.45, 2.75) is 31.3 Å². The number of nitrogens with two attached hydrogens (primary N) is 1. The number of halogens is 6. The third-order valence-corrected chi connectivity index (χ3v) is 6.25. The molecular weight excluding hydrogens is 536 g/mol. The minimum absolute atomic E-state index is 0.0871. The summed E-state index contributed by atoms with van der Waals surface area (Å²) in [6.07, 6.45) is -5.98. The Morgan fingerprint density at radius 2 is 1.79 bits per heavy atom. The standard InChI is InChI=1S/C24H21F6N5O4/c25-17-10-16-19(9-15(17)20-32-33-22(38-20)34-5-7-37-8-6-34)35(21(36)18(31)11-23(16,26)27)12-13-1-3-14(4-2-13)39-24(28,29)30/h1-4,9-10,18H,5-8,11-12,31H2/t18-/m0/s1. The molecule has 0 spiro atoms. The fraction of sp³-hybridized carbons (Fsp3) is 0.375. The first kappa shape index (κ1) is 26.7. The summed E-state index contributed by atoms with van der Waals surface area (Å²) in [4.78, 5) is 15.8. The Labute approximate surface area is 217 Å². The van der Waals surface area contributed by atoms with Crippen LogP contribution >= 0.6 is 0 Å². The van der Waals surface area contributed by atoms with Crippen LogP contribution in [-0.4, -0.2) is 54.8 Å². The van der Waals surface area contributed by atoms with Crippen molar-refractivity contribution in [3.8, 4) is 17.2 Å². The van der Waals surface area contributed by atoms with Crippen molar-refractivity contribution >= 4 is 17.6 Å². The van der Waals surface area contributed by atoms with E-state index in [1.807, 2.05) is 0 Å². The van der Waals surface area contributed by atoms with E-state index >= 15 is 13.2 Å². The first-order valence-electron chi connectivity index (χ1n) is 11.7. The summed E-state index contributed by atoms with van der Waals surface area (Å²) in [7, 11) is 0. The average molecular weight is 557 g/mol. The van der Waals surface area contributed by atoms with Gasteiger partial charge in [-0.25, -0.2) is 13.2 Å². The highest BCUT2D eigenvalue weighted by Gasteiger charge is 2.45. The maximum atomic E-state index is 15.2. The topological polar surface area (TPSA) is 107 Å². The van der Waals surface area contributed by atoms with Crippen molar-refractivity contribution in [2.24, 2.45) is 5.73 Å². The van der Waals surface area contributed by atoms with Gasteiger partial charge in [-0.2, -0.15) is 0 Å². The van der Waals surface area contributed by atoms with Gasteiger partial charge in [-0.3, -0.25) is 4.79 Å². The maximum Gasteiger partial charge on any atom is 0.573 e. The van der Waals surface area contributed by atoms with Crippen LogP contribution in [0.2, 0.25) is 0 Å². The molecule has 1 fully saturated rings. The van der Waals surface area contributed by atoms with E-state index in [1.54, 1.807) is 4.90 Å². The zero-order chi connectivity index (χ0) is 27.9. The highest BCUT2D eigenvalue weighted by molar-refractivity contribution is 5.99. The molecule has 1 aromatic heterocycles. The molecule has 0 bridgehead atoms. The van der Waals surface area contributed by atoms with Crippen LogP contribution < -0.4 is 20.3 Å². The number of ether oxygens (including phenoxy) is 2. The van der Waals surface area contributed by atoms with E-state index in [0.29, 0.717) is 32.4 Å². The summed E-state index contributed by atoms with van der Waals surface area (Å²) < 4.78 is 97.7. The first-order chi connectivity index (χ1) is 18.4. The van der Waals surface area contributed by atoms with Gasteiger partial charge in [0.05, 0.1) is 37.1 Å². The van der Waals surface area contributed by atoms with Gasteiger partial charge in [0.15, 0.2) is 0 Å². The van der Waals surface area contributed by atoms with Gasteiger partial charge >= 0.3 is 12.4 Å². The average Bonchev–Trinajstić information content (AvgIpc) is 3.35. The van der Waals surface area contributed by atoms with Crippen LogP contribution in [0.1, 0.15) is 17.5 Å². The second kappa shape index (κ2) is 10.0. The van der Waals surface area contributed by atoms with E-state index in [1.165, 1.54) is 12.1 Å². The fourth-order valence-corrected chi connectivity index (χ4v) is 4.38. The Balaban J connectivity index is 1.53. The molecule has 2 aliphatic heterocycles. The molecular formula is C24H21F6N5O4. The van der Waals surface area contributed by atoms with Crippen LogP contribution in [0.25, 0.3) is 11.5 Å². The van der Waals surface area contributed by atoms with Crippen molar-refractivity contribution in [1.29, 1.82) is 0 Å². The number of anilines is 2. The molecule has 9 nitrogen and oxygen atoms in total. The molecule has 1 amide bonds. The molecule has 0 radical (unpaired) electrons. The number of hydrogen-bond acceptors (Lipinski definition) is 8. The number of aromatic nitrogens is 2.